The third-order valence-electron chi connectivity index (χ3n) is 6.48. The fraction of sp³-hybridized carbons (Fsp3) is 0.682. The average Bonchev–Trinajstić information content (AvgIpc) is 3.36. The number of likely N-dealkylation sites (tertiary alicyclic amines) is 1. The van der Waals surface area contributed by atoms with Gasteiger partial charge in [0.15, 0.2) is 5.82 Å². The van der Waals surface area contributed by atoms with Gasteiger partial charge in [-0.2, -0.15) is 18.3 Å². The summed E-state index contributed by atoms with van der Waals surface area (Å²) < 4.78 is 41.5. The van der Waals surface area contributed by atoms with Crippen LogP contribution in [0.2, 0.25) is 0 Å². The highest BCUT2D eigenvalue weighted by atomic mass is 19.4. The lowest BCUT2D eigenvalue weighted by atomic mass is 9.78. The van der Waals surface area contributed by atoms with E-state index >= 15 is 0 Å². The number of aromatic nitrogens is 5. The summed E-state index contributed by atoms with van der Waals surface area (Å²) in [5.74, 6) is -1.76. The van der Waals surface area contributed by atoms with Crippen molar-refractivity contribution in [1.29, 1.82) is 0 Å². The standard InChI is InChI=1S/C20H31N7O2.C2HF3O2/c1-4-15(2)22-19(28)18-24-23-17-12-29-14-20(13-27(17)18)5-7-26(8-6-20)11-16-9-21-25(3)10-16;3-2(4,5)1(6)7/h9-10,15H,4-8,11-14H2,1-3H3,(H,22,28);(H,6,7). The van der Waals surface area contributed by atoms with E-state index in [1.807, 2.05) is 29.4 Å². The van der Waals surface area contributed by atoms with Crippen molar-refractivity contribution < 1.29 is 32.6 Å². The summed E-state index contributed by atoms with van der Waals surface area (Å²) in [4.78, 5) is 24.1. The number of amides is 1. The van der Waals surface area contributed by atoms with Gasteiger partial charge >= 0.3 is 12.1 Å². The highest BCUT2D eigenvalue weighted by molar-refractivity contribution is 5.90. The van der Waals surface area contributed by atoms with Crippen LogP contribution in [0.1, 0.15) is 55.1 Å². The molecule has 0 bridgehead atoms. The van der Waals surface area contributed by atoms with Crippen LogP contribution in [0.4, 0.5) is 13.2 Å². The second kappa shape index (κ2) is 11.4. The Bertz CT molecular complexity index is 1040. The van der Waals surface area contributed by atoms with Gasteiger partial charge in [-0.1, -0.05) is 6.92 Å². The first-order valence-corrected chi connectivity index (χ1v) is 11.7. The van der Waals surface area contributed by atoms with Crippen LogP contribution >= 0.6 is 0 Å². The number of halogens is 3. The van der Waals surface area contributed by atoms with Crippen molar-refractivity contribution in [2.75, 3.05) is 19.7 Å². The van der Waals surface area contributed by atoms with Crippen molar-refractivity contribution in [2.45, 2.75) is 65.0 Å². The first-order valence-electron chi connectivity index (χ1n) is 11.7. The highest BCUT2D eigenvalue weighted by Crippen LogP contribution is 2.36. The predicted molar refractivity (Wildman–Crippen MR) is 121 cm³/mol. The molecule has 1 spiro atoms. The fourth-order valence-electron chi connectivity index (χ4n) is 4.21. The Morgan fingerprint density at radius 1 is 1.28 bits per heavy atom. The van der Waals surface area contributed by atoms with E-state index in [1.54, 1.807) is 0 Å². The van der Waals surface area contributed by atoms with Gasteiger partial charge in [0, 0.05) is 43.4 Å². The lowest BCUT2D eigenvalue weighted by molar-refractivity contribution is -0.192. The molecule has 11 nitrogen and oxygen atoms in total. The minimum atomic E-state index is -5.08. The molecule has 1 saturated heterocycles. The number of carboxylic acids is 1. The number of hydrogen-bond acceptors (Lipinski definition) is 7. The number of aliphatic carboxylic acids is 1. The van der Waals surface area contributed by atoms with Gasteiger partial charge in [0.2, 0.25) is 5.82 Å². The van der Waals surface area contributed by atoms with Crippen molar-refractivity contribution in [3.8, 4) is 0 Å². The van der Waals surface area contributed by atoms with Gasteiger partial charge in [-0.3, -0.25) is 14.4 Å². The summed E-state index contributed by atoms with van der Waals surface area (Å²) in [7, 11) is 1.95. The molecule has 1 fully saturated rings. The number of alkyl halides is 3. The van der Waals surface area contributed by atoms with Crippen molar-refractivity contribution in [2.24, 2.45) is 12.5 Å². The Morgan fingerprint density at radius 3 is 2.50 bits per heavy atom. The SMILES string of the molecule is CCC(C)NC(=O)c1nnc2n1CC1(CCN(Cc3cnn(C)c3)CC1)COC2.O=C(O)C(F)(F)F. The Kier molecular flexibility index (Phi) is 8.71. The van der Waals surface area contributed by atoms with Gasteiger partial charge < -0.3 is 19.7 Å². The number of carboxylic acid groups (broad SMARTS) is 1. The third-order valence-corrected chi connectivity index (χ3v) is 6.48. The molecule has 0 saturated carbocycles. The molecule has 2 aliphatic rings. The Hall–Kier alpha value is -3.00. The Balaban J connectivity index is 0.000000454. The molecule has 4 heterocycles. The van der Waals surface area contributed by atoms with Crippen LogP contribution in [0, 0.1) is 5.41 Å². The van der Waals surface area contributed by atoms with E-state index in [-0.39, 0.29) is 17.4 Å². The summed E-state index contributed by atoms with van der Waals surface area (Å²) in [6.07, 6.45) is 1.86. The van der Waals surface area contributed by atoms with Crippen LogP contribution < -0.4 is 5.32 Å². The van der Waals surface area contributed by atoms with Gasteiger partial charge in [-0.15, -0.1) is 10.2 Å². The van der Waals surface area contributed by atoms with E-state index in [1.165, 1.54) is 5.56 Å². The normalized spacial score (nSPS) is 18.5. The van der Waals surface area contributed by atoms with E-state index in [9.17, 15) is 18.0 Å². The molecule has 0 radical (unpaired) electrons. The molecule has 2 N–H and O–H groups in total. The molecule has 2 aromatic heterocycles. The molecule has 4 rings (SSSR count). The largest absolute Gasteiger partial charge is 0.490 e. The molecule has 2 aromatic rings. The van der Waals surface area contributed by atoms with Crippen molar-refractivity contribution >= 4 is 11.9 Å². The van der Waals surface area contributed by atoms with E-state index < -0.39 is 12.1 Å². The smallest absolute Gasteiger partial charge is 0.475 e. The van der Waals surface area contributed by atoms with E-state index in [0.29, 0.717) is 19.0 Å². The zero-order valence-corrected chi connectivity index (χ0v) is 20.6. The number of piperidine rings is 1. The second-order valence-corrected chi connectivity index (χ2v) is 9.40. The minimum Gasteiger partial charge on any atom is -0.475 e. The zero-order chi connectivity index (χ0) is 26.5. The van der Waals surface area contributed by atoms with Crippen molar-refractivity contribution in [1.82, 2.24) is 34.8 Å². The van der Waals surface area contributed by atoms with Gasteiger partial charge in [0.1, 0.15) is 6.61 Å². The number of hydrogen-bond donors (Lipinski definition) is 2. The van der Waals surface area contributed by atoms with Crippen LogP contribution in [-0.2, 0) is 36.3 Å². The fourth-order valence-corrected chi connectivity index (χ4v) is 4.21. The molecular formula is C22H32F3N7O4. The highest BCUT2D eigenvalue weighted by Gasteiger charge is 2.39. The number of ether oxygens (including phenoxy) is 1. The van der Waals surface area contributed by atoms with Gasteiger partial charge in [0.05, 0.1) is 12.8 Å². The van der Waals surface area contributed by atoms with Crippen LogP contribution in [0.15, 0.2) is 12.4 Å². The van der Waals surface area contributed by atoms with Crippen LogP contribution in [0.25, 0.3) is 0 Å². The quantitative estimate of drug-likeness (QED) is 0.619. The molecule has 0 aliphatic carbocycles. The summed E-state index contributed by atoms with van der Waals surface area (Å²) in [6, 6.07) is 0.113. The van der Waals surface area contributed by atoms with Crippen molar-refractivity contribution in [3.05, 3.63) is 29.6 Å². The first kappa shape index (κ1) is 27.6. The maximum atomic E-state index is 12.7. The number of nitrogens with one attached hydrogen (secondary N) is 1. The number of carbonyl (C=O) groups is 2. The van der Waals surface area contributed by atoms with Crippen molar-refractivity contribution in [3.63, 3.8) is 0 Å². The molecule has 36 heavy (non-hydrogen) atoms. The monoisotopic (exact) mass is 515 g/mol. The van der Waals surface area contributed by atoms with Crippen LogP contribution in [0.3, 0.4) is 0 Å². The topological polar surface area (TPSA) is 127 Å². The Labute approximate surface area is 206 Å². The lowest BCUT2D eigenvalue weighted by Gasteiger charge is -2.41. The Morgan fingerprint density at radius 2 is 1.94 bits per heavy atom. The summed E-state index contributed by atoms with van der Waals surface area (Å²) in [5, 5.41) is 22.8. The molecular weight excluding hydrogens is 483 g/mol. The zero-order valence-electron chi connectivity index (χ0n) is 20.6. The van der Waals surface area contributed by atoms with E-state index in [4.69, 9.17) is 14.6 Å². The summed E-state index contributed by atoms with van der Waals surface area (Å²) in [6.45, 7) is 8.82. The third kappa shape index (κ3) is 7.03. The molecule has 14 heteroatoms. The number of fused-ring (bicyclic) bond motifs is 1. The molecule has 2 aliphatic heterocycles. The summed E-state index contributed by atoms with van der Waals surface area (Å²) >= 11 is 0. The predicted octanol–water partition coefficient (Wildman–Crippen LogP) is 1.99. The second-order valence-electron chi connectivity index (χ2n) is 9.40. The minimum absolute atomic E-state index is 0.0183. The van der Waals surface area contributed by atoms with E-state index in [0.717, 1.165) is 51.3 Å². The number of rotatable bonds is 5. The van der Waals surface area contributed by atoms with E-state index in [2.05, 4.69) is 38.6 Å². The molecule has 1 unspecified atom stereocenters. The van der Waals surface area contributed by atoms with Crippen LogP contribution in [0.5, 0.6) is 0 Å². The average molecular weight is 516 g/mol. The number of nitrogens with zero attached hydrogens (tertiary/aromatic N) is 6. The maximum absolute atomic E-state index is 12.7. The summed E-state index contributed by atoms with van der Waals surface area (Å²) in [5.41, 5.74) is 1.26. The molecule has 1 atom stereocenters. The lowest BCUT2D eigenvalue weighted by Crippen LogP contribution is -2.44. The van der Waals surface area contributed by atoms with Gasteiger partial charge in [0.25, 0.3) is 5.91 Å². The molecule has 1 amide bonds. The molecule has 0 aromatic carbocycles. The number of aryl methyl sites for hydroxylation is 1. The van der Waals surface area contributed by atoms with Crippen LogP contribution in [-0.4, -0.2) is 78.3 Å². The van der Waals surface area contributed by atoms with Gasteiger partial charge in [-0.25, -0.2) is 4.79 Å². The number of carbonyl (C=O) groups excluding carboxylic acids is 1. The first-order chi connectivity index (χ1) is 16.9. The van der Waals surface area contributed by atoms with Gasteiger partial charge in [-0.05, 0) is 39.3 Å². The maximum Gasteiger partial charge on any atom is 0.490 e. The molecule has 200 valence electrons.